The van der Waals surface area contributed by atoms with Crippen molar-refractivity contribution in [1.82, 2.24) is 4.90 Å². The van der Waals surface area contributed by atoms with Crippen molar-refractivity contribution < 1.29 is 14.3 Å². The molecule has 1 heterocycles. The van der Waals surface area contributed by atoms with Crippen LogP contribution in [-0.4, -0.2) is 43.3 Å². The Labute approximate surface area is 138 Å². The summed E-state index contributed by atoms with van der Waals surface area (Å²) in [5.74, 6) is 0.458. The molecule has 0 atom stereocenters. The van der Waals surface area contributed by atoms with Gasteiger partial charge in [-0.2, -0.15) is 0 Å². The summed E-state index contributed by atoms with van der Waals surface area (Å²) < 4.78 is 10.7. The van der Waals surface area contributed by atoms with Crippen LogP contribution >= 0.6 is 0 Å². The van der Waals surface area contributed by atoms with Gasteiger partial charge in [0.1, 0.15) is 6.10 Å². The molecule has 2 fully saturated rings. The Bertz CT molecular complexity index is 500. The fourth-order valence-corrected chi connectivity index (χ4v) is 3.66. The molecule has 1 aromatic carbocycles. The summed E-state index contributed by atoms with van der Waals surface area (Å²) in [6.45, 7) is 6.28. The van der Waals surface area contributed by atoms with E-state index in [2.05, 4.69) is 29.2 Å². The standard InChI is InChI=1S/C19H27NO3/c1-15(21)23-19-8-6-18(7-9-19)17-4-2-16(3-5-17)14-20-10-12-22-13-11-20/h2-5,18-19H,6-14H2,1H3. The van der Waals surface area contributed by atoms with Crippen LogP contribution in [-0.2, 0) is 20.8 Å². The van der Waals surface area contributed by atoms with E-state index in [1.807, 2.05) is 0 Å². The summed E-state index contributed by atoms with van der Waals surface area (Å²) >= 11 is 0. The number of rotatable bonds is 4. The molecule has 1 aliphatic heterocycles. The molecule has 4 nitrogen and oxygen atoms in total. The third-order valence-corrected chi connectivity index (χ3v) is 4.97. The summed E-state index contributed by atoms with van der Waals surface area (Å²) in [4.78, 5) is 13.5. The predicted molar refractivity (Wildman–Crippen MR) is 89.3 cm³/mol. The number of carbonyl (C=O) groups is 1. The van der Waals surface area contributed by atoms with Gasteiger partial charge < -0.3 is 9.47 Å². The minimum Gasteiger partial charge on any atom is -0.463 e. The number of carbonyl (C=O) groups excluding carboxylic acids is 1. The molecule has 0 unspecified atom stereocenters. The fraction of sp³-hybridized carbons (Fsp3) is 0.632. The first-order valence-corrected chi connectivity index (χ1v) is 8.77. The Morgan fingerprint density at radius 3 is 2.39 bits per heavy atom. The lowest BCUT2D eigenvalue weighted by atomic mass is 9.82. The molecule has 1 saturated heterocycles. The third kappa shape index (κ3) is 4.79. The van der Waals surface area contributed by atoms with Crippen molar-refractivity contribution in [2.75, 3.05) is 26.3 Å². The third-order valence-electron chi connectivity index (χ3n) is 4.97. The van der Waals surface area contributed by atoms with E-state index < -0.39 is 0 Å². The smallest absolute Gasteiger partial charge is 0.302 e. The largest absolute Gasteiger partial charge is 0.463 e. The van der Waals surface area contributed by atoms with Crippen molar-refractivity contribution in [2.45, 2.75) is 51.2 Å². The molecule has 1 saturated carbocycles. The van der Waals surface area contributed by atoms with Gasteiger partial charge in [-0.1, -0.05) is 24.3 Å². The molecule has 0 spiro atoms. The molecule has 3 rings (SSSR count). The molecule has 0 bridgehead atoms. The maximum atomic E-state index is 11.0. The molecule has 0 radical (unpaired) electrons. The fourth-order valence-electron chi connectivity index (χ4n) is 3.66. The Morgan fingerprint density at radius 1 is 1.13 bits per heavy atom. The molecule has 126 valence electrons. The highest BCUT2D eigenvalue weighted by molar-refractivity contribution is 5.66. The van der Waals surface area contributed by atoms with Gasteiger partial charge in [0.05, 0.1) is 13.2 Å². The van der Waals surface area contributed by atoms with Crippen molar-refractivity contribution in [3.63, 3.8) is 0 Å². The molecular weight excluding hydrogens is 290 g/mol. The van der Waals surface area contributed by atoms with E-state index >= 15 is 0 Å². The van der Waals surface area contributed by atoms with Gasteiger partial charge >= 0.3 is 5.97 Å². The van der Waals surface area contributed by atoms with Crippen molar-refractivity contribution in [3.05, 3.63) is 35.4 Å². The highest BCUT2D eigenvalue weighted by atomic mass is 16.5. The molecule has 1 aromatic rings. The first kappa shape index (κ1) is 16.5. The second-order valence-corrected chi connectivity index (χ2v) is 6.71. The highest BCUT2D eigenvalue weighted by Crippen LogP contribution is 2.34. The van der Waals surface area contributed by atoms with Gasteiger partial charge in [0, 0.05) is 26.6 Å². The maximum absolute atomic E-state index is 11.0. The minimum absolute atomic E-state index is 0.129. The molecule has 0 N–H and O–H groups in total. The van der Waals surface area contributed by atoms with E-state index in [9.17, 15) is 4.79 Å². The minimum atomic E-state index is -0.152. The number of benzene rings is 1. The number of nitrogens with zero attached hydrogens (tertiary/aromatic N) is 1. The Hall–Kier alpha value is -1.39. The van der Waals surface area contributed by atoms with Crippen LogP contribution < -0.4 is 0 Å². The lowest BCUT2D eigenvalue weighted by Gasteiger charge is -2.29. The van der Waals surface area contributed by atoms with Gasteiger partial charge in [0.2, 0.25) is 0 Å². The first-order chi connectivity index (χ1) is 11.2. The van der Waals surface area contributed by atoms with Crippen LogP contribution in [0.3, 0.4) is 0 Å². The zero-order chi connectivity index (χ0) is 16.1. The maximum Gasteiger partial charge on any atom is 0.302 e. The van der Waals surface area contributed by atoms with Crippen molar-refractivity contribution in [3.8, 4) is 0 Å². The number of hydrogen-bond donors (Lipinski definition) is 0. The lowest BCUT2D eigenvalue weighted by Crippen LogP contribution is -2.35. The van der Waals surface area contributed by atoms with Crippen LogP contribution in [0, 0.1) is 0 Å². The molecule has 23 heavy (non-hydrogen) atoms. The van der Waals surface area contributed by atoms with Gasteiger partial charge in [-0.25, -0.2) is 0 Å². The zero-order valence-corrected chi connectivity index (χ0v) is 14.0. The molecule has 0 amide bonds. The van der Waals surface area contributed by atoms with E-state index in [1.165, 1.54) is 18.1 Å². The van der Waals surface area contributed by atoms with Crippen LogP contribution in [0.1, 0.15) is 49.7 Å². The lowest BCUT2D eigenvalue weighted by molar-refractivity contribution is -0.147. The summed E-state index contributed by atoms with van der Waals surface area (Å²) in [7, 11) is 0. The van der Waals surface area contributed by atoms with Gasteiger partial charge in [-0.3, -0.25) is 9.69 Å². The summed E-state index contributed by atoms with van der Waals surface area (Å²) in [6.07, 6.45) is 4.32. The average Bonchev–Trinajstić information content (AvgIpc) is 2.57. The van der Waals surface area contributed by atoms with Gasteiger partial charge in [-0.05, 0) is 42.7 Å². The second-order valence-electron chi connectivity index (χ2n) is 6.71. The monoisotopic (exact) mass is 317 g/mol. The van der Waals surface area contributed by atoms with Crippen molar-refractivity contribution >= 4 is 5.97 Å². The molecule has 0 aromatic heterocycles. The Kier molecular flexibility index (Phi) is 5.68. The zero-order valence-electron chi connectivity index (χ0n) is 14.0. The van der Waals surface area contributed by atoms with Crippen LogP contribution in [0.25, 0.3) is 0 Å². The van der Waals surface area contributed by atoms with Crippen molar-refractivity contribution in [2.24, 2.45) is 0 Å². The SMILES string of the molecule is CC(=O)OC1CCC(c2ccc(CN3CCOCC3)cc2)CC1. The molecule has 1 aliphatic carbocycles. The average molecular weight is 317 g/mol. The second kappa shape index (κ2) is 7.93. The Balaban J connectivity index is 1.50. The topological polar surface area (TPSA) is 38.8 Å². The van der Waals surface area contributed by atoms with Crippen LogP contribution in [0.2, 0.25) is 0 Å². The number of morpholine rings is 1. The normalized spacial score (nSPS) is 26.0. The first-order valence-electron chi connectivity index (χ1n) is 8.77. The predicted octanol–water partition coefficient (Wildman–Crippen LogP) is 3.11. The van der Waals surface area contributed by atoms with Crippen molar-refractivity contribution in [1.29, 1.82) is 0 Å². The number of hydrogen-bond acceptors (Lipinski definition) is 4. The Morgan fingerprint density at radius 2 is 1.78 bits per heavy atom. The summed E-state index contributed by atoms with van der Waals surface area (Å²) in [5, 5.41) is 0. The van der Waals surface area contributed by atoms with E-state index in [1.54, 1.807) is 0 Å². The van der Waals surface area contributed by atoms with Crippen LogP contribution in [0.15, 0.2) is 24.3 Å². The summed E-state index contributed by atoms with van der Waals surface area (Å²) in [5.41, 5.74) is 2.81. The molecule has 4 heteroatoms. The number of ether oxygens (including phenoxy) is 2. The quantitative estimate of drug-likeness (QED) is 0.800. The van der Waals surface area contributed by atoms with E-state index in [4.69, 9.17) is 9.47 Å². The van der Waals surface area contributed by atoms with Crippen LogP contribution in [0.4, 0.5) is 0 Å². The van der Waals surface area contributed by atoms with E-state index in [0.717, 1.165) is 58.5 Å². The van der Waals surface area contributed by atoms with Gasteiger partial charge in [0.15, 0.2) is 0 Å². The number of esters is 1. The summed E-state index contributed by atoms with van der Waals surface area (Å²) in [6, 6.07) is 9.10. The molecule has 2 aliphatic rings. The van der Waals surface area contributed by atoms with Gasteiger partial charge in [-0.15, -0.1) is 0 Å². The van der Waals surface area contributed by atoms with Gasteiger partial charge in [0.25, 0.3) is 0 Å². The highest BCUT2D eigenvalue weighted by Gasteiger charge is 2.24. The van der Waals surface area contributed by atoms with Crippen LogP contribution in [0.5, 0.6) is 0 Å². The van der Waals surface area contributed by atoms with E-state index in [-0.39, 0.29) is 12.1 Å². The van der Waals surface area contributed by atoms with E-state index in [0.29, 0.717) is 5.92 Å². The molecular formula is C19H27NO3.